The van der Waals surface area contributed by atoms with E-state index in [4.69, 9.17) is 5.11 Å². The monoisotopic (exact) mass is 260 g/mol. The Bertz CT molecular complexity index is 523. The smallest absolute Gasteiger partial charge is 0.324 e. The predicted molar refractivity (Wildman–Crippen MR) is 70.2 cm³/mol. The second kappa shape index (κ2) is 4.57. The molecule has 1 fully saturated rings. The van der Waals surface area contributed by atoms with Crippen molar-refractivity contribution in [1.82, 2.24) is 4.90 Å². The number of fused-ring (bicyclic) bond motifs is 1. The number of nitrogens with zero attached hydrogens (tertiary/aromatic N) is 2. The van der Waals surface area contributed by atoms with E-state index in [0.717, 1.165) is 18.7 Å². The molecule has 1 saturated heterocycles. The van der Waals surface area contributed by atoms with Crippen LogP contribution in [0.1, 0.15) is 12.0 Å². The first-order valence-corrected chi connectivity index (χ1v) is 6.51. The first-order chi connectivity index (χ1) is 9.15. The van der Waals surface area contributed by atoms with Gasteiger partial charge in [0.25, 0.3) is 0 Å². The molecule has 0 saturated carbocycles. The van der Waals surface area contributed by atoms with Crippen LogP contribution in [-0.2, 0) is 11.2 Å². The number of carbonyl (C=O) groups excluding carboxylic acids is 1. The molecule has 3 rings (SSSR count). The van der Waals surface area contributed by atoms with Crippen LogP contribution in [-0.4, -0.2) is 41.6 Å². The normalized spacial score (nSPS) is 18.1. The van der Waals surface area contributed by atoms with Gasteiger partial charge in [-0.25, -0.2) is 4.79 Å². The Hall–Kier alpha value is -2.04. The number of carbonyl (C=O) groups is 2. The number of amides is 2. The van der Waals surface area contributed by atoms with Gasteiger partial charge in [0.15, 0.2) is 0 Å². The summed E-state index contributed by atoms with van der Waals surface area (Å²) in [7, 11) is 0. The van der Waals surface area contributed by atoms with Gasteiger partial charge in [-0.1, -0.05) is 18.2 Å². The minimum atomic E-state index is -0.788. The highest BCUT2D eigenvalue weighted by Gasteiger charge is 2.36. The molecular formula is C14H16N2O3. The van der Waals surface area contributed by atoms with Gasteiger partial charge in [0.1, 0.15) is 0 Å². The minimum absolute atomic E-state index is 0.00610. The third-order valence-corrected chi connectivity index (χ3v) is 3.81. The molecule has 5 nitrogen and oxygen atoms in total. The van der Waals surface area contributed by atoms with Crippen LogP contribution in [0.4, 0.5) is 10.5 Å². The quantitative estimate of drug-likeness (QED) is 0.878. The van der Waals surface area contributed by atoms with Gasteiger partial charge in [0, 0.05) is 31.2 Å². The SMILES string of the molecule is O=C(O)CC1CN(C(=O)N2CCc3ccccc32)C1. The number of benzene rings is 1. The van der Waals surface area contributed by atoms with E-state index >= 15 is 0 Å². The molecule has 5 heteroatoms. The summed E-state index contributed by atoms with van der Waals surface area (Å²) < 4.78 is 0. The summed E-state index contributed by atoms with van der Waals surface area (Å²) in [5.74, 6) is -0.678. The van der Waals surface area contributed by atoms with Crippen molar-refractivity contribution in [3.8, 4) is 0 Å². The molecule has 2 heterocycles. The summed E-state index contributed by atoms with van der Waals surface area (Å²) in [6.45, 7) is 1.84. The van der Waals surface area contributed by atoms with Gasteiger partial charge in [0.2, 0.25) is 0 Å². The van der Waals surface area contributed by atoms with Crippen molar-refractivity contribution in [2.24, 2.45) is 5.92 Å². The largest absolute Gasteiger partial charge is 0.481 e. The fourth-order valence-electron chi connectivity index (χ4n) is 2.81. The lowest BCUT2D eigenvalue weighted by Gasteiger charge is -2.40. The highest BCUT2D eigenvalue weighted by Crippen LogP contribution is 2.30. The highest BCUT2D eigenvalue weighted by atomic mass is 16.4. The number of carboxylic acid groups (broad SMARTS) is 1. The Morgan fingerprint density at radius 1 is 1.26 bits per heavy atom. The number of para-hydroxylation sites is 1. The van der Waals surface area contributed by atoms with Crippen LogP contribution in [0.25, 0.3) is 0 Å². The first kappa shape index (κ1) is 12.0. The molecule has 1 aromatic rings. The summed E-state index contributed by atoms with van der Waals surface area (Å²) in [6.07, 6.45) is 1.05. The van der Waals surface area contributed by atoms with E-state index in [0.29, 0.717) is 13.1 Å². The minimum Gasteiger partial charge on any atom is -0.481 e. The van der Waals surface area contributed by atoms with E-state index in [1.807, 2.05) is 24.3 Å². The van der Waals surface area contributed by atoms with Gasteiger partial charge in [-0.15, -0.1) is 0 Å². The van der Waals surface area contributed by atoms with Crippen molar-refractivity contribution in [3.63, 3.8) is 0 Å². The number of urea groups is 1. The van der Waals surface area contributed by atoms with Gasteiger partial charge in [-0.3, -0.25) is 9.69 Å². The molecule has 2 aliphatic rings. The topological polar surface area (TPSA) is 60.9 Å². The summed E-state index contributed by atoms with van der Waals surface area (Å²) in [5, 5.41) is 8.70. The Morgan fingerprint density at radius 3 is 2.74 bits per heavy atom. The maximum absolute atomic E-state index is 12.3. The molecule has 1 N–H and O–H groups in total. The second-order valence-corrected chi connectivity index (χ2v) is 5.18. The Kier molecular flexibility index (Phi) is 2.89. The van der Waals surface area contributed by atoms with Crippen molar-refractivity contribution in [1.29, 1.82) is 0 Å². The number of aliphatic carboxylic acids is 1. The van der Waals surface area contributed by atoms with Crippen molar-refractivity contribution in [3.05, 3.63) is 29.8 Å². The third-order valence-electron chi connectivity index (χ3n) is 3.81. The molecule has 1 aromatic carbocycles. The second-order valence-electron chi connectivity index (χ2n) is 5.18. The van der Waals surface area contributed by atoms with Crippen LogP contribution < -0.4 is 4.90 Å². The van der Waals surface area contributed by atoms with Crippen molar-refractivity contribution >= 4 is 17.7 Å². The van der Waals surface area contributed by atoms with Gasteiger partial charge in [-0.2, -0.15) is 0 Å². The van der Waals surface area contributed by atoms with E-state index in [9.17, 15) is 9.59 Å². The van der Waals surface area contributed by atoms with Crippen LogP contribution in [0.2, 0.25) is 0 Å². The molecule has 0 aliphatic carbocycles. The molecule has 2 aliphatic heterocycles. The van der Waals surface area contributed by atoms with Crippen molar-refractivity contribution in [2.75, 3.05) is 24.5 Å². The highest BCUT2D eigenvalue weighted by molar-refractivity contribution is 5.94. The zero-order valence-corrected chi connectivity index (χ0v) is 10.6. The van der Waals surface area contributed by atoms with E-state index in [2.05, 4.69) is 0 Å². The Morgan fingerprint density at radius 2 is 2.00 bits per heavy atom. The van der Waals surface area contributed by atoms with E-state index in [1.165, 1.54) is 5.56 Å². The fourth-order valence-corrected chi connectivity index (χ4v) is 2.81. The van der Waals surface area contributed by atoms with Crippen LogP contribution >= 0.6 is 0 Å². The fraction of sp³-hybridized carbons (Fsp3) is 0.429. The molecule has 100 valence electrons. The Balaban J connectivity index is 1.63. The van der Waals surface area contributed by atoms with Crippen LogP contribution in [0.3, 0.4) is 0 Å². The van der Waals surface area contributed by atoms with Gasteiger partial charge in [0.05, 0.1) is 6.42 Å². The molecule has 19 heavy (non-hydrogen) atoms. The number of hydrogen-bond acceptors (Lipinski definition) is 2. The molecule has 0 spiro atoms. The maximum Gasteiger partial charge on any atom is 0.324 e. The Labute approximate surface area is 111 Å². The average molecular weight is 260 g/mol. The molecule has 0 atom stereocenters. The van der Waals surface area contributed by atoms with Gasteiger partial charge < -0.3 is 10.0 Å². The lowest BCUT2D eigenvalue weighted by atomic mass is 9.97. The zero-order chi connectivity index (χ0) is 13.4. The average Bonchev–Trinajstić information content (AvgIpc) is 2.76. The third kappa shape index (κ3) is 2.16. The van der Waals surface area contributed by atoms with Crippen LogP contribution in [0.5, 0.6) is 0 Å². The first-order valence-electron chi connectivity index (χ1n) is 6.51. The predicted octanol–water partition coefficient (Wildman–Crippen LogP) is 1.58. The van der Waals surface area contributed by atoms with E-state index in [1.54, 1.807) is 9.80 Å². The van der Waals surface area contributed by atoms with E-state index in [-0.39, 0.29) is 18.4 Å². The summed E-state index contributed by atoms with van der Waals surface area (Å²) in [5.41, 5.74) is 2.20. The van der Waals surface area contributed by atoms with Crippen LogP contribution in [0, 0.1) is 5.92 Å². The number of likely N-dealkylation sites (tertiary alicyclic amines) is 1. The molecule has 0 bridgehead atoms. The van der Waals surface area contributed by atoms with Gasteiger partial charge in [-0.05, 0) is 18.1 Å². The zero-order valence-electron chi connectivity index (χ0n) is 10.6. The van der Waals surface area contributed by atoms with Gasteiger partial charge >= 0.3 is 12.0 Å². The van der Waals surface area contributed by atoms with Crippen molar-refractivity contribution in [2.45, 2.75) is 12.8 Å². The van der Waals surface area contributed by atoms with Crippen molar-refractivity contribution < 1.29 is 14.7 Å². The summed E-state index contributed by atoms with van der Waals surface area (Å²) in [4.78, 5) is 26.4. The summed E-state index contributed by atoms with van der Waals surface area (Å²) in [6, 6.07) is 7.94. The summed E-state index contributed by atoms with van der Waals surface area (Å²) >= 11 is 0. The number of carboxylic acids is 1. The number of rotatable bonds is 2. The standard InChI is InChI=1S/C14H16N2O3/c17-13(18)7-10-8-15(9-10)14(19)16-6-5-11-3-1-2-4-12(11)16/h1-4,10H,5-9H2,(H,17,18). The lowest BCUT2D eigenvalue weighted by Crippen LogP contribution is -2.55. The molecule has 0 unspecified atom stereocenters. The lowest BCUT2D eigenvalue weighted by molar-refractivity contribution is -0.139. The molecule has 0 radical (unpaired) electrons. The molecular weight excluding hydrogens is 244 g/mol. The number of anilines is 1. The maximum atomic E-state index is 12.3. The van der Waals surface area contributed by atoms with E-state index < -0.39 is 5.97 Å². The van der Waals surface area contributed by atoms with Crippen LogP contribution in [0.15, 0.2) is 24.3 Å². The number of hydrogen-bond donors (Lipinski definition) is 1. The molecule has 0 aromatic heterocycles. The molecule has 2 amide bonds.